The van der Waals surface area contributed by atoms with E-state index in [-0.39, 0.29) is 15.6 Å². The topological polar surface area (TPSA) is 98.3 Å². The van der Waals surface area contributed by atoms with Crippen molar-refractivity contribution in [2.24, 2.45) is 0 Å². The van der Waals surface area contributed by atoms with Gasteiger partial charge in [0.05, 0.1) is 11.3 Å². The number of carboxylic acids is 1. The van der Waals surface area contributed by atoms with E-state index >= 15 is 0 Å². The van der Waals surface area contributed by atoms with Crippen molar-refractivity contribution in [2.45, 2.75) is 0 Å². The second-order valence-electron chi connectivity index (χ2n) is 2.83. The van der Waals surface area contributed by atoms with E-state index in [4.69, 9.17) is 5.11 Å². The zero-order valence-corrected chi connectivity index (χ0v) is 8.55. The third kappa shape index (κ3) is 1.65. The van der Waals surface area contributed by atoms with E-state index in [1.807, 2.05) is 0 Å². The first-order valence-corrected chi connectivity index (χ1v) is 4.91. The van der Waals surface area contributed by atoms with Gasteiger partial charge in [0.25, 0.3) is 0 Å². The molecule has 2 heterocycles. The second kappa shape index (κ2) is 3.74. The van der Waals surface area contributed by atoms with Gasteiger partial charge in [-0.1, -0.05) is 0 Å². The average molecular weight is 239 g/mol. The molecule has 0 spiro atoms. The summed E-state index contributed by atoms with van der Waals surface area (Å²) in [6.07, 6.45) is 4.36. The van der Waals surface area contributed by atoms with E-state index in [1.165, 1.54) is 23.3 Å². The molecule has 0 saturated carbocycles. The number of thiophene rings is 1. The van der Waals surface area contributed by atoms with Gasteiger partial charge in [0.2, 0.25) is 0 Å². The summed E-state index contributed by atoms with van der Waals surface area (Å²) >= 11 is 0.835. The number of carbonyl (C=O) groups is 1. The first-order valence-electron chi connectivity index (χ1n) is 4.09. The predicted molar refractivity (Wildman–Crippen MR) is 55.1 cm³/mol. The fourth-order valence-corrected chi connectivity index (χ4v) is 2.09. The summed E-state index contributed by atoms with van der Waals surface area (Å²) < 4.78 is 1.41. The first-order chi connectivity index (χ1) is 7.59. The molecule has 0 amide bonds. The van der Waals surface area contributed by atoms with Crippen molar-refractivity contribution in [3.63, 3.8) is 0 Å². The molecule has 2 aromatic rings. The summed E-state index contributed by atoms with van der Waals surface area (Å²) in [4.78, 5) is 24.5. The summed E-state index contributed by atoms with van der Waals surface area (Å²) in [5.74, 6) is -1.18. The minimum atomic E-state index is -1.18. The van der Waals surface area contributed by atoms with Crippen molar-refractivity contribution < 1.29 is 14.8 Å². The van der Waals surface area contributed by atoms with Crippen molar-refractivity contribution in [1.29, 1.82) is 0 Å². The lowest BCUT2D eigenvalue weighted by molar-refractivity contribution is -0.384. The van der Waals surface area contributed by atoms with Crippen LogP contribution < -0.4 is 0 Å². The van der Waals surface area contributed by atoms with Gasteiger partial charge in [0, 0.05) is 18.5 Å². The summed E-state index contributed by atoms with van der Waals surface area (Å²) in [7, 11) is 0. The van der Waals surface area contributed by atoms with Gasteiger partial charge in [0.15, 0.2) is 5.00 Å². The van der Waals surface area contributed by atoms with E-state index in [2.05, 4.69) is 4.98 Å². The molecule has 2 aromatic heterocycles. The monoisotopic (exact) mass is 239 g/mol. The molecule has 0 unspecified atom stereocenters. The first kappa shape index (κ1) is 10.3. The van der Waals surface area contributed by atoms with Crippen LogP contribution in [-0.4, -0.2) is 25.6 Å². The highest BCUT2D eigenvalue weighted by Gasteiger charge is 2.23. The normalized spacial score (nSPS) is 10.2. The Morgan fingerprint density at radius 1 is 1.62 bits per heavy atom. The Morgan fingerprint density at radius 3 is 2.88 bits per heavy atom. The molecule has 0 aromatic carbocycles. The molecule has 0 atom stereocenters. The van der Waals surface area contributed by atoms with Crippen molar-refractivity contribution in [3.8, 4) is 5.00 Å². The van der Waals surface area contributed by atoms with Crippen LogP contribution in [-0.2, 0) is 0 Å². The molecule has 0 bridgehead atoms. The van der Waals surface area contributed by atoms with Gasteiger partial charge in [-0.15, -0.1) is 11.3 Å². The number of hydrogen-bond donors (Lipinski definition) is 1. The van der Waals surface area contributed by atoms with E-state index in [1.54, 1.807) is 0 Å². The lowest BCUT2D eigenvalue weighted by atomic mass is 10.4. The molecule has 8 heteroatoms. The molecule has 1 N–H and O–H groups in total. The van der Waals surface area contributed by atoms with Crippen LogP contribution >= 0.6 is 11.3 Å². The Morgan fingerprint density at radius 2 is 2.38 bits per heavy atom. The molecule has 0 radical (unpaired) electrons. The Hall–Kier alpha value is -2.22. The summed E-state index contributed by atoms with van der Waals surface area (Å²) in [6.45, 7) is 0. The van der Waals surface area contributed by atoms with E-state index in [9.17, 15) is 14.9 Å². The van der Waals surface area contributed by atoms with Crippen LogP contribution in [0.15, 0.2) is 24.8 Å². The number of aromatic carboxylic acids is 1. The SMILES string of the molecule is O=C(O)c1cc([N+](=O)[O-])c(-n2ccnc2)s1. The summed E-state index contributed by atoms with van der Waals surface area (Å²) in [5, 5.41) is 19.7. The van der Waals surface area contributed by atoms with Crippen LogP contribution in [0.5, 0.6) is 0 Å². The molecule has 0 aliphatic rings. The molecule has 0 saturated heterocycles. The zero-order chi connectivity index (χ0) is 11.7. The van der Waals surface area contributed by atoms with E-state index < -0.39 is 10.9 Å². The Labute approximate surface area is 92.7 Å². The standard InChI is InChI=1S/C8H5N3O4S/c12-8(13)6-3-5(11(14)15)7(16-6)10-2-1-9-4-10/h1-4H,(H,12,13). The summed E-state index contributed by atoms with van der Waals surface area (Å²) in [6, 6.07) is 1.04. The minimum absolute atomic E-state index is 0.0737. The van der Waals surface area contributed by atoms with Crippen LogP contribution in [0, 0.1) is 10.1 Å². The smallest absolute Gasteiger partial charge is 0.346 e. The highest BCUT2D eigenvalue weighted by atomic mass is 32.1. The fourth-order valence-electron chi connectivity index (χ4n) is 1.17. The van der Waals surface area contributed by atoms with Crippen molar-refractivity contribution >= 4 is 23.0 Å². The molecular formula is C8H5N3O4S. The number of imidazole rings is 1. The van der Waals surface area contributed by atoms with Gasteiger partial charge in [-0.2, -0.15) is 0 Å². The van der Waals surface area contributed by atoms with Gasteiger partial charge in [-0.25, -0.2) is 9.78 Å². The highest BCUT2D eigenvalue weighted by molar-refractivity contribution is 7.16. The lowest BCUT2D eigenvalue weighted by Crippen LogP contribution is -1.93. The number of nitrogens with zero attached hydrogens (tertiary/aromatic N) is 3. The molecular weight excluding hydrogens is 234 g/mol. The predicted octanol–water partition coefficient (Wildman–Crippen LogP) is 1.54. The third-order valence-corrected chi connectivity index (χ3v) is 2.97. The molecule has 0 fully saturated rings. The van der Waals surface area contributed by atoms with Crippen molar-refractivity contribution in [3.05, 3.63) is 39.8 Å². The zero-order valence-electron chi connectivity index (χ0n) is 7.73. The molecule has 7 nitrogen and oxygen atoms in total. The van der Waals surface area contributed by atoms with E-state index in [0.717, 1.165) is 17.4 Å². The van der Waals surface area contributed by atoms with Gasteiger partial charge in [-0.05, 0) is 0 Å². The van der Waals surface area contributed by atoms with Crippen molar-refractivity contribution in [1.82, 2.24) is 9.55 Å². The molecule has 82 valence electrons. The van der Waals surface area contributed by atoms with Crippen molar-refractivity contribution in [2.75, 3.05) is 0 Å². The van der Waals surface area contributed by atoms with Gasteiger partial charge in [0.1, 0.15) is 4.88 Å². The number of nitro groups is 1. The maximum Gasteiger partial charge on any atom is 0.346 e. The van der Waals surface area contributed by atoms with Crippen LogP contribution in [0.4, 0.5) is 5.69 Å². The van der Waals surface area contributed by atoms with Crippen LogP contribution in [0.2, 0.25) is 0 Å². The lowest BCUT2D eigenvalue weighted by Gasteiger charge is -1.95. The average Bonchev–Trinajstić information content (AvgIpc) is 2.86. The maximum absolute atomic E-state index is 10.7. The number of rotatable bonds is 3. The Kier molecular flexibility index (Phi) is 2.41. The molecule has 16 heavy (non-hydrogen) atoms. The fraction of sp³-hybridized carbons (Fsp3) is 0. The third-order valence-electron chi connectivity index (χ3n) is 1.84. The van der Waals surface area contributed by atoms with Crippen LogP contribution in [0.1, 0.15) is 9.67 Å². The number of aromatic nitrogens is 2. The van der Waals surface area contributed by atoms with Gasteiger partial charge >= 0.3 is 11.7 Å². The largest absolute Gasteiger partial charge is 0.477 e. The molecule has 0 aliphatic heterocycles. The number of hydrogen-bond acceptors (Lipinski definition) is 5. The quantitative estimate of drug-likeness (QED) is 0.647. The maximum atomic E-state index is 10.7. The van der Waals surface area contributed by atoms with E-state index in [0.29, 0.717) is 0 Å². The van der Waals surface area contributed by atoms with Crippen LogP contribution in [0.25, 0.3) is 5.00 Å². The van der Waals surface area contributed by atoms with Gasteiger partial charge < -0.3 is 5.11 Å². The molecule has 0 aliphatic carbocycles. The highest BCUT2D eigenvalue weighted by Crippen LogP contribution is 2.32. The summed E-state index contributed by atoms with van der Waals surface area (Å²) in [5.41, 5.74) is -0.236. The second-order valence-corrected chi connectivity index (χ2v) is 3.86. The van der Waals surface area contributed by atoms with Crippen LogP contribution in [0.3, 0.4) is 0 Å². The number of carboxylic acid groups (broad SMARTS) is 1. The molecule has 2 rings (SSSR count). The minimum Gasteiger partial charge on any atom is -0.477 e. The van der Waals surface area contributed by atoms with Gasteiger partial charge in [-0.3, -0.25) is 14.7 Å². The Bertz CT molecular complexity index is 546. The Balaban J connectivity index is 2.59.